The molecule has 1 fully saturated rings. The summed E-state index contributed by atoms with van der Waals surface area (Å²) < 4.78 is 0. The topological polar surface area (TPSA) is 71.0 Å². The van der Waals surface area contributed by atoms with E-state index in [1.54, 1.807) is 18.6 Å². The summed E-state index contributed by atoms with van der Waals surface area (Å²) in [6.45, 7) is 3.98. The zero-order valence-corrected chi connectivity index (χ0v) is 13.3. The van der Waals surface area contributed by atoms with E-state index in [9.17, 15) is 4.79 Å². The van der Waals surface area contributed by atoms with Crippen molar-refractivity contribution in [3.63, 3.8) is 0 Å². The zero-order chi connectivity index (χ0) is 16.1. The number of amides is 1. The molecular weight excluding hydrogens is 290 g/mol. The Morgan fingerprint density at radius 2 is 2.30 bits per heavy atom. The molecule has 3 rings (SSSR count). The fraction of sp³-hybridized carbons (Fsp3) is 0.412. The zero-order valence-electron chi connectivity index (χ0n) is 13.3. The quantitative estimate of drug-likeness (QED) is 0.931. The summed E-state index contributed by atoms with van der Waals surface area (Å²) in [6.07, 6.45) is 7.09. The maximum Gasteiger partial charge on any atom is 0.225 e. The SMILES string of the molecule is Cc1cncc(CNC(=O)C2CCCN(c3ccccn3)C2)n1. The Bertz CT molecular complexity index is 661. The number of aryl methyl sites for hydroxylation is 1. The van der Waals surface area contributed by atoms with Crippen molar-refractivity contribution < 1.29 is 4.79 Å². The molecule has 0 aliphatic carbocycles. The van der Waals surface area contributed by atoms with Crippen LogP contribution in [0.15, 0.2) is 36.8 Å². The second-order valence-corrected chi connectivity index (χ2v) is 5.84. The maximum absolute atomic E-state index is 12.4. The van der Waals surface area contributed by atoms with E-state index in [0.717, 1.165) is 36.6 Å². The van der Waals surface area contributed by atoms with Gasteiger partial charge < -0.3 is 10.2 Å². The monoisotopic (exact) mass is 311 g/mol. The van der Waals surface area contributed by atoms with Crippen molar-refractivity contribution in [2.45, 2.75) is 26.3 Å². The molecule has 1 amide bonds. The number of hydrogen-bond acceptors (Lipinski definition) is 5. The number of anilines is 1. The summed E-state index contributed by atoms with van der Waals surface area (Å²) in [5.41, 5.74) is 1.64. The molecule has 1 N–H and O–H groups in total. The van der Waals surface area contributed by atoms with Gasteiger partial charge in [0.1, 0.15) is 5.82 Å². The summed E-state index contributed by atoms with van der Waals surface area (Å²) >= 11 is 0. The number of carbonyl (C=O) groups excluding carboxylic acids is 1. The number of pyridine rings is 1. The average molecular weight is 311 g/mol. The van der Waals surface area contributed by atoms with Crippen LogP contribution in [0.2, 0.25) is 0 Å². The highest BCUT2D eigenvalue weighted by Gasteiger charge is 2.26. The Kier molecular flexibility index (Phi) is 4.80. The first kappa shape index (κ1) is 15.4. The minimum absolute atomic E-state index is 0.0106. The van der Waals surface area contributed by atoms with Crippen LogP contribution < -0.4 is 10.2 Å². The minimum Gasteiger partial charge on any atom is -0.356 e. The van der Waals surface area contributed by atoms with E-state index in [1.165, 1.54) is 0 Å². The molecule has 6 nitrogen and oxygen atoms in total. The van der Waals surface area contributed by atoms with Gasteiger partial charge in [0.15, 0.2) is 0 Å². The van der Waals surface area contributed by atoms with E-state index in [0.29, 0.717) is 13.1 Å². The Morgan fingerprint density at radius 1 is 1.39 bits per heavy atom. The molecule has 3 heterocycles. The van der Waals surface area contributed by atoms with Crippen LogP contribution in [0.3, 0.4) is 0 Å². The van der Waals surface area contributed by atoms with Crippen LogP contribution >= 0.6 is 0 Å². The van der Waals surface area contributed by atoms with Crippen LogP contribution in [0.25, 0.3) is 0 Å². The van der Waals surface area contributed by atoms with Gasteiger partial charge in [0, 0.05) is 25.5 Å². The molecule has 6 heteroatoms. The fourth-order valence-electron chi connectivity index (χ4n) is 2.86. The Balaban J connectivity index is 1.57. The van der Waals surface area contributed by atoms with Crippen molar-refractivity contribution in [2.24, 2.45) is 5.92 Å². The molecule has 1 unspecified atom stereocenters. The molecule has 1 atom stereocenters. The van der Waals surface area contributed by atoms with Gasteiger partial charge in [-0.3, -0.25) is 14.8 Å². The van der Waals surface area contributed by atoms with E-state index in [1.807, 2.05) is 25.1 Å². The van der Waals surface area contributed by atoms with Gasteiger partial charge in [0.05, 0.1) is 30.0 Å². The first-order valence-electron chi connectivity index (χ1n) is 7.93. The predicted octanol–water partition coefficient (Wildman–Crippen LogP) is 1.71. The van der Waals surface area contributed by atoms with Gasteiger partial charge in [0.2, 0.25) is 5.91 Å². The largest absolute Gasteiger partial charge is 0.356 e. The van der Waals surface area contributed by atoms with E-state index in [2.05, 4.69) is 25.2 Å². The van der Waals surface area contributed by atoms with Gasteiger partial charge in [-0.2, -0.15) is 0 Å². The number of aromatic nitrogens is 3. The Morgan fingerprint density at radius 3 is 3.09 bits per heavy atom. The van der Waals surface area contributed by atoms with Gasteiger partial charge in [-0.1, -0.05) is 6.07 Å². The standard InChI is InChI=1S/C17H21N5O/c1-13-9-18-10-15(21-13)11-20-17(23)14-5-4-8-22(12-14)16-6-2-3-7-19-16/h2-3,6-7,9-10,14H,4-5,8,11-12H2,1H3,(H,20,23). The van der Waals surface area contributed by atoms with Crippen LogP contribution in [-0.2, 0) is 11.3 Å². The van der Waals surface area contributed by atoms with E-state index in [-0.39, 0.29) is 11.8 Å². The van der Waals surface area contributed by atoms with Crippen LogP contribution in [0.1, 0.15) is 24.2 Å². The minimum atomic E-state index is -0.0106. The second-order valence-electron chi connectivity index (χ2n) is 5.84. The number of hydrogen-bond donors (Lipinski definition) is 1. The van der Waals surface area contributed by atoms with Crippen LogP contribution in [-0.4, -0.2) is 33.9 Å². The number of rotatable bonds is 4. The van der Waals surface area contributed by atoms with Crippen molar-refractivity contribution in [1.29, 1.82) is 0 Å². The van der Waals surface area contributed by atoms with Gasteiger partial charge in [-0.15, -0.1) is 0 Å². The molecule has 2 aromatic rings. The first-order chi connectivity index (χ1) is 11.2. The molecule has 0 radical (unpaired) electrons. The highest BCUT2D eigenvalue weighted by atomic mass is 16.1. The molecule has 0 bridgehead atoms. The summed E-state index contributed by atoms with van der Waals surface area (Å²) in [6, 6.07) is 5.87. The lowest BCUT2D eigenvalue weighted by atomic mass is 9.97. The van der Waals surface area contributed by atoms with Crippen LogP contribution in [0.5, 0.6) is 0 Å². The normalized spacial score (nSPS) is 17.8. The molecule has 0 aromatic carbocycles. The van der Waals surface area contributed by atoms with Crippen LogP contribution in [0, 0.1) is 12.8 Å². The lowest BCUT2D eigenvalue weighted by molar-refractivity contribution is -0.125. The average Bonchev–Trinajstić information content (AvgIpc) is 2.61. The molecule has 1 aliphatic heterocycles. The highest BCUT2D eigenvalue weighted by Crippen LogP contribution is 2.21. The van der Waals surface area contributed by atoms with Gasteiger partial charge >= 0.3 is 0 Å². The molecule has 120 valence electrons. The number of nitrogens with one attached hydrogen (secondary N) is 1. The van der Waals surface area contributed by atoms with Gasteiger partial charge in [-0.05, 0) is 31.9 Å². The second kappa shape index (κ2) is 7.17. The summed E-state index contributed by atoms with van der Waals surface area (Å²) in [7, 11) is 0. The molecule has 2 aromatic heterocycles. The molecular formula is C17H21N5O. The lowest BCUT2D eigenvalue weighted by Crippen LogP contribution is -2.43. The van der Waals surface area contributed by atoms with Gasteiger partial charge in [-0.25, -0.2) is 4.98 Å². The van der Waals surface area contributed by atoms with Crippen LogP contribution in [0.4, 0.5) is 5.82 Å². The van der Waals surface area contributed by atoms with E-state index < -0.39 is 0 Å². The van der Waals surface area contributed by atoms with E-state index in [4.69, 9.17) is 0 Å². The number of piperidine rings is 1. The first-order valence-corrected chi connectivity index (χ1v) is 7.93. The van der Waals surface area contributed by atoms with Crippen molar-refractivity contribution >= 4 is 11.7 Å². The van der Waals surface area contributed by atoms with Crippen molar-refractivity contribution in [3.8, 4) is 0 Å². The van der Waals surface area contributed by atoms with Gasteiger partial charge in [0.25, 0.3) is 0 Å². The molecule has 0 saturated carbocycles. The fourth-order valence-corrected chi connectivity index (χ4v) is 2.86. The van der Waals surface area contributed by atoms with E-state index >= 15 is 0 Å². The summed E-state index contributed by atoms with van der Waals surface area (Å²) in [4.78, 5) is 27.4. The molecule has 23 heavy (non-hydrogen) atoms. The third-order valence-electron chi connectivity index (χ3n) is 4.01. The number of carbonyl (C=O) groups is 1. The predicted molar refractivity (Wildman–Crippen MR) is 87.8 cm³/mol. The maximum atomic E-state index is 12.4. The lowest BCUT2D eigenvalue weighted by Gasteiger charge is -2.32. The Hall–Kier alpha value is -2.50. The molecule has 1 aliphatic rings. The smallest absolute Gasteiger partial charge is 0.225 e. The Labute approximate surface area is 136 Å². The van der Waals surface area contributed by atoms with Crippen molar-refractivity contribution in [3.05, 3.63) is 48.2 Å². The summed E-state index contributed by atoms with van der Waals surface area (Å²) in [5, 5.41) is 2.98. The third-order valence-corrected chi connectivity index (χ3v) is 4.01. The van der Waals surface area contributed by atoms with Crippen molar-refractivity contribution in [2.75, 3.05) is 18.0 Å². The summed E-state index contributed by atoms with van der Waals surface area (Å²) in [5.74, 6) is 1.01. The third kappa shape index (κ3) is 4.03. The molecule has 1 saturated heterocycles. The molecule has 0 spiro atoms. The number of nitrogens with zero attached hydrogens (tertiary/aromatic N) is 4. The highest BCUT2D eigenvalue weighted by molar-refractivity contribution is 5.79. The van der Waals surface area contributed by atoms with Crippen molar-refractivity contribution in [1.82, 2.24) is 20.3 Å².